The lowest BCUT2D eigenvalue weighted by molar-refractivity contribution is 0.516. The first kappa shape index (κ1) is 23.3. The van der Waals surface area contributed by atoms with Gasteiger partial charge < -0.3 is 20.0 Å². The monoisotopic (exact) mass is 503 g/mol. The summed E-state index contributed by atoms with van der Waals surface area (Å²) >= 11 is 6.92. The van der Waals surface area contributed by atoms with Crippen LogP contribution in [0.3, 0.4) is 0 Å². The van der Waals surface area contributed by atoms with Gasteiger partial charge in [0.2, 0.25) is 5.95 Å². The summed E-state index contributed by atoms with van der Waals surface area (Å²) in [5.41, 5.74) is 1.04. The number of hydrogen-bond acceptors (Lipinski definition) is 8. The number of nitrogens with one attached hydrogen (secondary N) is 2. The lowest BCUT2D eigenvalue weighted by Gasteiger charge is -2.28. The molecule has 0 aliphatic carbocycles. The second-order valence-electron chi connectivity index (χ2n) is 8.01. The first-order valence-corrected chi connectivity index (χ1v) is 12.7. The fraction of sp³-hybridized carbons (Fsp3) is 0.240. The highest BCUT2D eigenvalue weighted by Gasteiger charge is 2.16. The minimum Gasteiger partial charge on any atom is -0.459 e. The largest absolute Gasteiger partial charge is 0.459 e. The predicted molar refractivity (Wildman–Crippen MR) is 141 cm³/mol. The molecule has 0 saturated carbocycles. The van der Waals surface area contributed by atoms with Crippen molar-refractivity contribution in [3.8, 4) is 11.3 Å². The van der Waals surface area contributed by atoms with Crippen LogP contribution in [-0.4, -0.2) is 38.1 Å². The van der Waals surface area contributed by atoms with Crippen LogP contribution < -0.4 is 15.5 Å². The van der Waals surface area contributed by atoms with Gasteiger partial charge in [-0.2, -0.15) is 4.98 Å². The minimum absolute atomic E-state index is 0.422. The van der Waals surface area contributed by atoms with Crippen molar-refractivity contribution < 1.29 is 4.42 Å². The van der Waals surface area contributed by atoms with Crippen LogP contribution in [0.15, 0.2) is 81.6 Å². The smallest absolute Gasteiger partial charge is 0.232 e. The Morgan fingerprint density at radius 3 is 2.57 bits per heavy atom. The van der Waals surface area contributed by atoms with Gasteiger partial charge >= 0.3 is 0 Å². The third-order valence-electron chi connectivity index (χ3n) is 5.48. The number of thiocarbonyl (C=S) groups is 1. The predicted octanol–water partition coefficient (Wildman–Crippen LogP) is 5.15. The van der Waals surface area contributed by atoms with E-state index in [1.165, 1.54) is 18.2 Å². The van der Waals surface area contributed by atoms with E-state index in [2.05, 4.69) is 30.5 Å². The highest BCUT2D eigenvalue weighted by molar-refractivity contribution is 7.99. The molecule has 0 radical (unpaired) electrons. The fourth-order valence-corrected chi connectivity index (χ4v) is 4.66. The maximum atomic E-state index is 5.95. The maximum absolute atomic E-state index is 5.95. The molecule has 0 bridgehead atoms. The van der Waals surface area contributed by atoms with Crippen molar-refractivity contribution in [1.29, 1.82) is 0 Å². The molecule has 8 nitrogen and oxygen atoms in total. The van der Waals surface area contributed by atoms with Crippen molar-refractivity contribution in [2.45, 2.75) is 36.0 Å². The molecule has 3 aromatic heterocycles. The number of hydrogen-bond donors (Lipinski definition) is 2. The van der Waals surface area contributed by atoms with E-state index in [9.17, 15) is 0 Å². The average Bonchev–Trinajstić information content (AvgIpc) is 3.38. The number of nitrogens with zero attached hydrogens (tertiary/aromatic N) is 5. The first-order chi connectivity index (χ1) is 17.2. The van der Waals surface area contributed by atoms with Crippen LogP contribution >= 0.6 is 24.0 Å². The van der Waals surface area contributed by atoms with Crippen molar-refractivity contribution in [2.24, 2.45) is 0 Å². The quantitative estimate of drug-likeness (QED) is 0.200. The number of furan rings is 1. The fourth-order valence-electron chi connectivity index (χ4n) is 3.78. The molecule has 0 atom stereocenters. The Labute approximate surface area is 213 Å². The summed E-state index contributed by atoms with van der Waals surface area (Å²) < 4.78 is 5.95. The molecule has 0 spiro atoms. The van der Waals surface area contributed by atoms with Gasteiger partial charge in [0.1, 0.15) is 22.4 Å². The Morgan fingerprint density at radius 1 is 0.971 bits per heavy atom. The van der Waals surface area contributed by atoms with Gasteiger partial charge in [-0.3, -0.25) is 0 Å². The van der Waals surface area contributed by atoms with Crippen molar-refractivity contribution in [3.05, 3.63) is 72.8 Å². The number of rotatable bonds is 7. The summed E-state index contributed by atoms with van der Waals surface area (Å²) in [6.07, 6.45) is 7.01. The van der Waals surface area contributed by atoms with Gasteiger partial charge in [-0.05, 0) is 61.4 Å². The first-order valence-electron chi connectivity index (χ1n) is 11.5. The number of anilines is 2. The second kappa shape index (κ2) is 11.3. The van der Waals surface area contributed by atoms with Gasteiger partial charge in [-0.25, -0.2) is 15.0 Å². The highest BCUT2D eigenvalue weighted by atomic mass is 32.2. The third-order valence-corrected chi connectivity index (χ3v) is 6.53. The van der Waals surface area contributed by atoms with Gasteiger partial charge in [0, 0.05) is 37.1 Å². The van der Waals surface area contributed by atoms with Crippen molar-refractivity contribution >= 4 is 40.9 Å². The minimum atomic E-state index is 0.422. The topological polar surface area (TPSA) is 92.0 Å². The van der Waals surface area contributed by atoms with E-state index < -0.39 is 0 Å². The Bertz CT molecular complexity index is 1260. The van der Waals surface area contributed by atoms with E-state index in [0.717, 1.165) is 53.9 Å². The number of benzene rings is 1. The summed E-state index contributed by atoms with van der Waals surface area (Å²) in [5, 5.41) is 8.13. The van der Waals surface area contributed by atoms with Crippen LogP contribution in [0.2, 0.25) is 0 Å². The second-order valence-corrected chi connectivity index (χ2v) is 9.40. The summed E-state index contributed by atoms with van der Waals surface area (Å²) in [6, 6.07) is 17.7. The molecule has 178 valence electrons. The molecule has 4 aromatic rings. The highest BCUT2D eigenvalue weighted by Crippen LogP contribution is 2.28. The molecule has 1 aromatic carbocycles. The number of piperidine rings is 1. The molecule has 4 heterocycles. The van der Waals surface area contributed by atoms with Crippen molar-refractivity contribution in [1.82, 2.24) is 25.3 Å². The van der Waals surface area contributed by atoms with Crippen LogP contribution in [0.4, 0.5) is 11.8 Å². The lowest BCUT2D eigenvalue weighted by Crippen LogP contribution is -2.31. The van der Waals surface area contributed by atoms with Gasteiger partial charge in [-0.1, -0.05) is 30.3 Å². The standard InChI is InChI=1S/C25H25N7OS2/c34-24(28-17-19-10-11-20(33-19)18-8-3-1-4-9-18)31-23-29-21(32-14-5-2-6-15-32)16-22(30-23)35-25-26-12-7-13-27-25/h1,3-4,7-13,16H,2,5-6,14-15,17H2,(H2,28,29,30,31,34). The van der Waals surface area contributed by atoms with Crippen LogP contribution in [0.1, 0.15) is 25.0 Å². The molecule has 1 fully saturated rings. The zero-order valence-electron chi connectivity index (χ0n) is 19.1. The van der Waals surface area contributed by atoms with Crippen LogP contribution in [0.25, 0.3) is 11.3 Å². The number of aromatic nitrogens is 4. The Kier molecular flexibility index (Phi) is 7.50. The maximum Gasteiger partial charge on any atom is 0.232 e. The van der Waals surface area contributed by atoms with E-state index >= 15 is 0 Å². The Balaban J connectivity index is 1.27. The van der Waals surface area contributed by atoms with E-state index in [4.69, 9.17) is 21.6 Å². The molecule has 2 N–H and O–H groups in total. The summed E-state index contributed by atoms with van der Waals surface area (Å²) in [6.45, 7) is 2.41. The van der Waals surface area contributed by atoms with Gasteiger partial charge in [0.25, 0.3) is 0 Å². The van der Waals surface area contributed by atoms with E-state index in [1.807, 2.05) is 48.5 Å². The average molecular weight is 504 g/mol. The third kappa shape index (κ3) is 6.34. The van der Waals surface area contributed by atoms with Crippen molar-refractivity contribution in [3.63, 3.8) is 0 Å². The zero-order chi connectivity index (χ0) is 23.9. The van der Waals surface area contributed by atoms with Crippen LogP contribution in [0.5, 0.6) is 0 Å². The molecule has 10 heteroatoms. The normalized spacial score (nSPS) is 13.4. The summed E-state index contributed by atoms with van der Waals surface area (Å²) in [5.74, 6) is 2.92. The van der Waals surface area contributed by atoms with Crippen LogP contribution in [-0.2, 0) is 6.54 Å². The zero-order valence-corrected chi connectivity index (χ0v) is 20.7. The summed E-state index contributed by atoms with van der Waals surface area (Å²) in [4.78, 5) is 20.3. The Morgan fingerprint density at radius 2 is 1.77 bits per heavy atom. The molecule has 35 heavy (non-hydrogen) atoms. The SMILES string of the molecule is S=C(NCc1ccc(-c2ccccc2)o1)Nc1nc(Sc2ncccn2)cc(N2CCCCC2)n1. The molecule has 0 unspecified atom stereocenters. The summed E-state index contributed by atoms with van der Waals surface area (Å²) in [7, 11) is 0. The lowest BCUT2D eigenvalue weighted by atomic mass is 10.1. The van der Waals surface area contributed by atoms with E-state index in [0.29, 0.717) is 22.8 Å². The van der Waals surface area contributed by atoms with Crippen molar-refractivity contribution in [2.75, 3.05) is 23.3 Å². The van der Waals surface area contributed by atoms with E-state index in [1.54, 1.807) is 18.5 Å². The van der Waals surface area contributed by atoms with Gasteiger partial charge in [0.15, 0.2) is 10.3 Å². The van der Waals surface area contributed by atoms with E-state index in [-0.39, 0.29) is 0 Å². The molecule has 1 saturated heterocycles. The molecule has 1 aliphatic heterocycles. The van der Waals surface area contributed by atoms with Gasteiger partial charge in [0.05, 0.1) is 6.54 Å². The molecular weight excluding hydrogens is 478 g/mol. The molecular formula is C25H25N7OS2. The van der Waals surface area contributed by atoms with Crippen LogP contribution in [0, 0.1) is 0 Å². The Hall–Kier alpha value is -3.50. The molecule has 5 rings (SSSR count). The molecule has 1 aliphatic rings. The van der Waals surface area contributed by atoms with Gasteiger partial charge in [-0.15, -0.1) is 0 Å². The molecule has 0 amide bonds.